The zero-order valence-corrected chi connectivity index (χ0v) is 14.5. The maximum Gasteiger partial charge on any atom is 0.264 e. The van der Waals surface area contributed by atoms with Gasteiger partial charge in [-0.05, 0) is 17.5 Å². The summed E-state index contributed by atoms with van der Waals surface area (Å²) in [4.78, 5) is 17.9. The third-order valence-electron chi connectivity index (χ3n) is 4.64. The molecule has 24 heavy (non-hydrogen) atoms. The van der Waals surface area contributed by atoms with Crippen LogP contribution in [0.4, 0.5) is 0 Å². The highest BCUT2D eigenvalue weighted by molar-refractivity contribution is 7.20. The molecule has 0 N–H and O–H groups in total. The van der Waals surface area contributed by atoms with Crippen LogP contribution in [0.15, 0.2) is 30.3 Å². The Labute approximate surface area is 145 Å². The van der Waals surface area contributed by atoms with Crippen molar-refractivity contribution in [3.63, 3.8) is 0 Å². The van der Waals surface area contributed by atoms with Crippen LogP contribution in [0.1, 0.15) is 9.67 Å². The topological polar surface area (TPSA) is 42.0 Å². The number of hydrogen-bond acceptors (Lipinski definition) is 5. The Morgan fingerprint density at radius 3 is 2.75 bits per heavy atom. The Morgan fingerprint density at radius 2 is 2.00 bits per heavy atom. The van der Waals surface area contributed by atoms with Crippen molar-refractivity contribution in [2.24, 2.45) is 0 Å². The summed E-state index contributed by atoms with van der Waals surface area (Å²) >= 11 is 1.59. The molecule has 1 atom stereocenters. The van der Waals surface area contributed by atoms with Crippen LogP contribution in [0.2, 0.25) is 0 Å². The first-order chi connectivity index (χ1) is 11.8. The summed E-state index contributed by atoms with van der Waals surface area (Å²) in [5, 5.41) is 1.15. The minimum Gasteiger partial charge on any atom is -0.376 e. The number of fused-ring (bicyclic) bond motifs is 1. The third-order valence-corrected chi connectivity index (χ3v) is 5.75. The first kappa shape index (κ1) is 16.0. The van der Waals surface area contributed by atoms with Gasteiger partial charge in [-0.1, -0.05) is 18.2 Å². The number of benzene rings is 1. The van der Waals surface area contributed by atoms with Gasteiger partial charge in [0, 0.05) is 37.4 Å². The zero-order chi connectivity index (χ0) is 16.4. The van der Waals surface area contributed by atoms with Gasteiger partial charge < -0.3 is 14.4 Å². The molecule has 2 aromatic rings. The number of nitrogens with zero attached hydrogens (tertiary/aromatic N) is 2. The quantitative estimate of drug-likeness (QED) is 0.853. The number of thiophene rings is 1. The first-order valence-corrected chi connectivity index (χ1v) is 9.31. The fourth-order valence-corrected chi connectivity index (χ4v) is 4.34. The fourth-order valence-electron chi connectivity index (χ4n) is 3.31. The van der Waals surface area contributed by atoms with Crippen LogP contribution in [0.5, 0.6) is 0 Å². The average molecular weight is 346 g/mol. The molecule has 4 rings (SSSR count). The third kappa shape index (κ3) is 3.47. The summed E-state index contributed by atoms with van der Waals surface area (Å²) in [5.41, 5.74) is 0. The lowest BCUT2D eigenvalue weighted by Gasteiger charge is -2.36. The van der Waals surface area contributed by atoms with E-state index >= 15 is 0 Å². The monoisotopic (exact) mass is 346 g/mol. The van der Waals surface area contributed by atoms with Gasteiger partial charge in [0.15, 0.2) is 0 Å². The SMILES string of the molecule is O=C(c1cc2ccccc2s1)N1CCN(CC2COCCO2)CC1. The second-order valence-corrected chi connectivity index (χ2v) is 7.39. The van der Waals surface area contributed by atoms with Crippen LogP contribution in [0, 0.1) is 0 Å². The van der Waals surface area contributed by atoms with E-state index in [-0.39, 0.29) is 12.0 Å². The molecular formula is C18H22N2O3S. The molecule has 0 bridgehead atoms. The smallest absolute Gasteiger partial charge is 0.264 e. The van der Waals surface area contributed by atoms with Crippen LogP contribution < -0.4 is 0 Å². The molecule has 1 aromatic carbocycles. The molecule has 128 valence electrons. The second-order valence-electron chi connectivity index (χ2n) is 6.31. The number of rotatable bonds is 3. The molecule has 2 aliphatic heterocycles. The molecule has 1 unspecified atom stereocenters. The van der Waals surface area contributed by atoms with E-state index in [0.29, 0.717) is 19.8 Å². The molecule has 2 saturated heterocycles. The molecule has 0 radical (unpaired) electrons. The highest BCUT2D eigenvalue weighted by Gasteiger charge is 2.25. The lowest BCUT2D eigenvalue weighted by atomic mass is 10.2. The van der Waals surface area contributed by atoms with E-state index in [2.05, 4.69) is 17.0 Å². The number of hydrogen-bond donors (Lipinski definition) is 0. The minimum atomic E-state index is 0.160. The Hall–Kier alpha value is -1.47. The Balaban J connectivity index is 1.34. The van der Waals surface area contributed by atoms with Gasteiger partial charge in [0.2, 0.25) is 0 Å². The molecule has 3 heterocycles. The predicted octanol–water partition coefficient (Wildman–Crippen LogP) is 2.07. The number of carbonyl (C=O) groups excluding carboxylic acids is 1. The van der Waals surface area contributed by atoms with Crippen molar-refractivity contribution in [1.82, 2.24) is 9.80 Å². The van der Waals surface area contributed by atoms with E-state index < -0.39 is 0 Å². The van der Waals surface area contributed by atoms with Crippen LogP contribution in [0.25, 0.3) is 10.1 Å². The van der Waals surface area contributed by atoms with Crippen molar-refractivity contribution in [2.75, 3.05) is 52.5 Å². The zero-order valence-electron chi connectivity index (χ0n) is 13.6. The molecule has 1 amide bonds. The van der Waals surface area contributed by atoms with E-state index in [1.807, 2.05) is 23.1 Å². The summed E-state index contributed by atoms with van der Waals surface area (Å²) in [5.74, 6) is 0.160. The normalized spacial score (nSPS) is 22.8. The van der Waals surface area contributed by atoms with Crippen LogP contribution in [-0.4, -0.2) is 74.4 Å². The first-order valence-electron chi connectivity index (χ1n) is 8.49. The maximum absolute atomic E-state index is 12.7. The predicted molar refractivity (Wildman–Crippen MR) is 94.7 cm³/mol. The Kier molecular flexibility index (Phi) is 4.80. The summed E-state index contributed by atoms with van der Waals surface area (Å²) in [7, 11) is 0. The molecule has 5 nitrogen and oxygen atoms in total. The van der Waals surface area contributed by atoms with Crippen molar-refractivity contribution in [3.8, 4) is 0 Å². The highest BCUT2D eigenvalue weighted by atomic mass is 32.1. The van der Waals surface area contributed by atoms with E-state index in [9.17, 15) is 4.79 Å². The van der Waals surface area contributed by atoms with Crippen molar-refractivity contribution < 1.29 is 14.3 Å². The summed E-state index contributed by atoms with van der Waals surface area (Å²) in [6.45, 7) is 6.32. The van der Waals surface area contributed by atoms with E-state index in [1.165, 1.54) is 4.70 Å². The lowest BCUT2D eigenvalue weighted by molar-refractivity contribution is -0.0994. The van der Waals surface area contributed by atoms with Crippen molar-refractivity contribution in [3.05, 3.63) is 35.2 Å². The number of amides is 1. The van der Waals surface area contributed by atoms with Gasteiger partial charge in [-0.25, -0.2) is 0 Å². The lowest BCUT2D eigenvalue weighted by Crippen LogP contribution is -2.51. The van der Waals surface area contributed by atoms with E-state index in [0.717, 1.165) is 43.0 Å². The van der Waals surface area contributed by atoms with Gasteiger partial charge in [-0.3, -0.25) is 9.69 Å². The summed E-state index contributed by atoms with van der Waals surface area (Å²) < 4.78 is 12.3. The summed E-state index contributed by atoms with van der Waals surface area (Å²) in [6, 6.07) is 10.2. The van der Waals surface area contributed by atoms with Crippen molar-refractivity contribution >= 4 is 27.3 Å². The van der Waals surface area contributed by atoms with Crippen LogP contribution in [-0.2, 0) is 9.47 Å². The van der Waals surface area contributed by atoms with Crippen molar-refractivity contribution in [2.45, 2.75) is 6.10 Å². The minimum absolute atomic E-state index is 0.160. The van der Waals surface area contributed by atoms with Gasteiger partial charge >= 0.3 is 0 Å². The van der Waals surface area contributed by atoms with E-state index in [1.54, 1.807) is 11.3 Å². The fraction of sp³-hybridized carbons (Fsp3) is 0.500. The number of carbonyl (C=O) groups is 1. The molecule has 0 aliphatic carbocycles. The summed E-state index contributed by atoms with van der Waals surface area (Å²) in [6.07, 6.45) is 0.170. The van der Waals surface area contributed by atoms with Crippen molar-refractivity contribution in [1.29, 1.82) is 0 Å². The standard InChI is InChI=1S/C18H22N2O3S/c21-18(17-11-14-3-1-2-4-16(14)24-17)20-7-5-19(6-8-20)12-15-13-22-9-10-23-15/h1-4,11,15H,5-10,12-13H2. The van der Waals surface area contributed by atoms with Gasteiger partial charge in [-0.2, -0.15) is 0 Å². The Bertz CT molecular complexity index is 670. The second kappa shape index (κ2) is 7.19. The maximum atomic E-state index is 12.7. The van der Waals surface area contributed by atoms with Gasteiger partial charge in [0.25, 0.3) is 5.91 Å². The van der Waals surface area contributed by atoms with Gasteiger partial charge in [0.1, 0.15) is 0 Å². The largest absolute Gasteiger partial charge is 0.376 e. The number of piperazine rings is 1. The van der Waals surface area contributed by atoms with E-state index in [4.69, 9.17) is 9.47 Å². The van der Waals surface area contributed by atoms with Crippen LogP contribution >= 0.6 is 11.3 Å². The highest BCUT2D eigenvalue weighted by Crippen LogP contribution is 2.26. The molecule has 6 heteroatoms. The number of ether oxygens (including phenoxy) is 2. The van der Waals surface area contributed by atoms with Gasteiger partial charge in [-0.15, -0.1) is 11.3 Å². The molecule has 1 aromatic heterocycles. The molecule has 0 spiro atoms. The molecular weight excluding hydrogens is 324 g/mol. The Morgan fingerprint density at radius 1 is 1.17 bits per heavy atom. The average Bonchev–Trinajstić information content (AvgIpc) is 3.07. The molecule has 2 aliphatic rings. The molecule has 2 fully saturated rings. The molecule has 0 saturated carbocycles. The van der Waals surface area contributed by atoms with Crippen LogP contribution in [0.3, 0.4) is 0 Å². The van der Waals surface area contributed by atoms with Gasteiger partial charge in [0.05, 0.1) is 30.8 Å².